The van der Waals surface area contributed by atoms with Crippen molar-refractivity contribution in [3.8, 4) is 11.5 Å². The number of nitrogens with one attached hydrogen (secondary N) is 1. The van der Waals surface area contributed by atoms with E-state index in [9.17, 15) is 4.39 Å². The monoisotopic (exact) mass is 474 g/mol. The third-order valence-corrected chi connectivity index (χ3v) is 5.76. The van der Waals surface area contributed by atoms with Crippen molar-refractivity contribution in [1.82, 2.24) is 14.9 Å². The summed E-state index contributed by atoms with van der Waals surface area (Å²) in [5.74, 6) is 1.30. The standard InChI is InChI=1S/C24H28ClFN4O3/c1-15-12-30(13-16(2)33-15)7-4-8-32-23-10-18-21(11-22(23)31-3)27-14-28-24(18)29-17-5-6-20(26)19(25)9-17/h5-6,9-11,14-16H,4,7-8,12-13H2,1-3H3,(H,27,28,29)/t15-,16+. The number of morpholine rings is 1. The van der Waals surface area contributed by atoms with Crippen LogP contribution in [0.1, 0.15) is 20.3 Å². The minimum Gasteiger partial charge on any atom is -0.493 e. The van der Waals surface area contributed by atoms with Gasteiger partial charge in [0.1, 0.15) is 18.0 Å². The van der Waals surface area contributed by atoms with Gasteiger partial charge in [-0.1, -0.05) is 11.6 Å². The summed E-state index contributed by atoms with van der Waals surface area (Å²) in [6.07, 6.45) is 2.83. The molecule has 0 unspecified atom stereocenters. The van der Waals surface area contributed by atoms with Crippen molar-refractivity contribution in [2.24, 2.45) is 0 Å². The normalized spacial score (nSPS) is 18.9. The Balaban J connectivity index is 1.48. The molecule has 3 aromatic rings. The van der Waals surface area contributed by atoms with Gasteiger partial charge in [0.15, 0.2) is 11.5 Å². The maximum absolute atomic E-state index is 13.5. The zero-order chi connectivity index (χ0) is 23.4. The van der Waals surface area contributed by atoms with E-state index in [1.54, 1.807) is 13.2 Å². The van der Waals surface area contributed by atoms with Gasteiger partial charge in [0.25, 0.3) is 0 Å². The van der Waals surface area contributed by atoms with Crippen molar-refractivity contribution in [2.75, 3.05) is 38.7 Å². The molecular formula is C24H28ClFN4O3. The van der Waals surface area contributed by atoms with E-state index >= 15 is 0 Å². The Morgan fingerprint density at radius 2 is 1.94 bits per heavy atom. The summed E-state index contributed by atoms with van der Waals surface area (Å²) in [6, 6.07) is 8.10. The zero-order valence-electron chi connectivity index (χ0n) is 19.0. The number of fused-ring (bicyclic) bond motifs is 1. The predicted molar refractivity (Wildman–Crippen MR) is 127 cm³/mol. The molecule has 2 heterocycles. The van der Waals surface area contributed by atoms with E-state index in [1.807, 2.05) is 12.1 Å². The third-order valence-electron chi connectivity index (χ3n) is 5.47. The van der Waals surface area contributed by atoms with Crippen LogP contribution in [0.2, 0.25) is 5.02 Å². The van der Waals surface area contributed by atoms with Crippen LogP contribution in [-0.4, -0.2) is 60.4 Å². The fourth-order valence-electron chi connectivity index (χ4n) is 4.08. The summed E-state index contributed by atoms with van der Waals surface area (Å²) < 4.78 is 30.9. The molecule has 1 aliphatic rings. The van der Waals surface area contributed by atoms with Crippen molar-refractivity contribution in [3.05, 3.63) is 47.5 Å². The van der Waals surface area contributed by atoms with Crippen molar-refractivity contribution in [2.45, 2.75) is 32.5 Å². The Kier molecular flexibility index (Phi) is 7.47. The molecule has 0 amide bonds. The fraction of sp³-hybridized carbons (Fsp3) is 0.417. The largest absolute Gasteiger partial charge is 0.493 e. The van der Waals surface area contributed by atoms with E-state index in [4.69, 9.17) is 25.8 Å². The Labute approximate surface area is 197 Å². The summed E-state index contributed by atoms with van der Waals surface area (Å²) in [5.41, 5.74) is 1.31. The van der Waals surface area contributed by atoms with Gasteiger partial charge in [-0.2, -0.15) is 0 Å². The van der Waals surface area contributed by atoms with E-state index in [0.717, 1.165) is 31.4 Å². The van der Waals surface area contributed by atoms with Gasteiger partial charge in [-0.25, -0.2) is 14.4 Å². The highest BCUT2D eigenvalue weighted by molar-refractivity contribution is 6.31. The van der Waals surface area contributed by atoms with Crippen LogP contribution in [0.5, 0.6) is 11.5 Å². The SMILES string of the molecule is COc1cc2ncnc(Nc3ccc(F)c(Cl)c3)c2cc1OCCCN1C[C@@H](C)O[C@@H](C)C1. The molecule has 7 nitrogen and oxygen atoms in total. The lowest BCUT2D eigenvalue weighted by Gasteiger charge is -2.35. The lowest BCUT2D eigenvalue weighted by atomic mass is 10.2. The molecule has 33 heavy (non-hydrogen) atoms. The van der Waals surface area contributed by atoms with Crippen molar-refractivity contribution in [3.63, 3.8) is 0 Å². The summed E-state index contributed by atoms with van der Waals surface area (Å²) in [6.45, 7) is 7.56. The molecule has 0 spiro atoms. The highest BCUT2D eigenvalue weighted by atomic mass is 35.5. The van der Waals surface area contributed by atoms with Gasteiger partial charge in [0.05, 0.1) is 36.5 Å². The van der Waals surface area contributed by atoms with Crippen LogP contribution in [0.3, 0.4) is 0 Å². The molecule has 0 bridgehead atoms. The minimum atomic E-state index is -0.476. The van der Waals surface area contributed by atoms with E-state index in [2.05, 4.69) is 34.0 Å². The molecule has 1 N–H and O–H groups in total. The third kappa shape index (κ3) is 5.82. The molecule has 0 radical (unpaired) electrons. The maximum Gasteiger partial charge on any atom is 0.162 e. The Morgan fingerprint density at radius 3 is 2.67 bits per heavy atom. The van der Waals surface area contributed by atoms with Crippen molar-refractivity contribution >= 4 is 34.0 Å². The number of anilines is 2. The molecule has 1 aromatic heterocycles. The number of hydrogen-bond donors (Lipinski definition) is 1. The molecule has 1 aliphatic heterocycles. The van der Waals surface area contributed by atoms with Crippen LogP contribution in [0.15, 0.2) is 36.7 Å². The number of methoxy groups -OCH3 is 1. The Morgan fingerprint density at radius 1 is 1.15 bits per heavy atom. The molecule has 176 valence electrons. The Bertz CT molecular complexity index is 1110. The van der Waals surface area contributed by atoms with E-state index < -0.39 is 5.82 Å². The quantitative estimate of drug-likeness (QED) is 0.458. The van der Waals surface area contributed by atoms with E-state index in [0.29, 0.717) is 35.1 Å². The molecule has 0 saturated carbocycles. The first kappa shape index (κ1) is 23.5. The number of halogens is 2. The highest BCUT2D eigenvalue weighted by Crippen LogP contribution is 2.35. The number of nitrogens with zero attached hydrogens (tertiary/aromatic N) is 3. The fourth-order valence-corrected chi connectivity index (χ4v) is 4.26. The summed E-state index contributed by atoms with van der Waals surface area (Å²) in [7, 11) is 1.60. The van der Waals surface area contributed by atoms with Gasteiger partial charge in [-0.15, -0.1) is 0 Å². The lowest BCUT2D eigenvalue weighted by molar-refractivity contribution is -0.0686. The van der Waals surface area contributed by atoms with Crippen LogP contribution in [0.25, 0.3) is 10.9 Å². The first-order valence-electron chi connectivity index (χ1n) is 11.0. The molecule has 4 rings (SSSR count). The lowest BCUT2D eigenvalue weighted by Crippen LogP contribution is -2.45. The van der Waals surface area contributed by atoms with Gasteiger partial charge >= 0.3 is 0 Å². The Hall–Kier alpha value is -2.68. The molecule has 1 saturated heterocycles. The second-order valence-corrected chi connectivity index (χ2v) is 8.62. The van der Waals surface area contributed by atoms with Crippen LogP contribution in [0.4, 0.5) is 15.9 Å². The van der Waals surface area contributed by atoms with Crippen LogP contribution in [0, 0.1) is 5.82 Å². The summed E-state index contributed by atoms with van der Waals surface area (Å²) in [4.78, 5) is 11.1. The number of ether oxygens (including phenoxy) is 3. The maximum atomic E-state index is 13.5. The van der Waals surface area contributed by atoms with E-state index in [-0.39, 0.29) is 17.2 Å². The van der Waals surface area contributed by atoms with Crippen LogP contribution in [-0.2, 0) is 4.74 Å². The first-order valence-corrected chi connectivity index (χ1v) is 11.4. The molecule has 0 aliphatic carbocycles. The smallest absolute Gasteiger partial charge is 0.162 e. The summed E-state index contributed by atoms with van der Waals surface area (Å²) >= 11 is 5.91. The average molecular weight is 475 g/mol. The number of hydrogen-bond acceptors (Lipinski definition) is 7. The second kappa shape index (κ2) is 10.5. The molecule has 2 atom stereocenters. The van der Waals surface area contributed by atoms with Crippen molar-refractivity contribution < 1.29 is 18.6 Å². The average Bonchev–Trinajstić information content (AvgIpc) is 2.78. The van der Waals surface area contributed by atoms with Crippen LogP contribution >= 0.6 is 11.6 Å². The zero-order valence-corrected chi connectivity index (χ0v) is 19.7. The summed E-state index contributed by atoms with van der Waals surface area (Å²) in [5, 5.41) is 3.97. The topological polar surface area (TPSA) is 68.7 Å². The van der Waals surface area contributed by atoms with Crippen molar-refractivity contribution in [1.29, 1.82) is 0 Å². The van der Waals surface area contributed by atoms with Gasteiger partial charge in [0.2, 0.25) is 0 Å². The van der Waals surface area contributed by atoms with Gasteiger partial charge in [-0.05, 0) is 44.5 Å². The van der Waals surface area contributed by atoms with Crippen LogP contribution < -0.4 is 14.8 Å². The minimum absolute atomic E-state index is 0.0353. The molecule has 2 aromatic carbocycles. The molecular weight excluding hydrogens is 447 g/mol. The molecule has 9 heteroatoms. The van der Waals surface area contributed by atoms with Gasteiger partial charge in [0, 0.05) is 36.8 Å². The number of rotatable bonds is 8. The highest BCUT2D eigenvalue weighted by Gasteiger charge is 2.21. The van der Waals surface area contributed by atoms with Gasteiger partial charge < -0.3 is 19.5 Å². The first-order chi connectivity index (χ1) is 15.9. The number of aromatic nitrogens is 2. The predicted octanol–water partition coefficient (Wildman–Crippen LogP) is 5.05. The number of benzene rings is 2. The second-order valence-electron chi connectivity index (χ2n) is 8.22. The van der Waals surface area contributed by atoms with E-state index in [1.165, 1.54) is 18.5 Å². The molecule has 1 fully saturated rings. The van der Waals surface area contributed by atoms with Gasteiger partial charge in [-0.3, -0.25) is 4.90 Å².